The van der Waals surface area contributed by atoms with Gasteiger partial charge in [-0.1, -0.05) is 21.1 Å². The normalized spacial score (nSPS) is 10.8. The van der Waals surface area contributed by atoms with E-state index in [-0.39, 0.29) is 12.5 Å². The molecule has 0 radical (unpaired) electrons. The van der Waals surface area contributed by atoms with Crippen LogP contribution in [0.4, 0.5) is 0 Å². The van der Waals surface area contributed by atoms with Crippen LogP contribution in [0.15, 0.2) is 51.6 Å². The van der Waals surface area contributed by atoms with Crippen LogP contribution in [0.25, 0.3) is 23.0 Å². The third-order valence-electron chi connectivity index (χ3n) is 4.00. The molecule has 0 N–H and O–H groups in total. The Kier molecular flexibility index (Phi) is 5.33. The van der Waals surface area contributed by atoms with Crippen LogP contribution < -0.4 is 0 Å². The van der Waals surface area contributed by atoms with Gasteiger partial charge in [0.2, 0.25) is 11.7 Å². The molecule has 0 fully saturated rings. The van der Waals surface area contributed by atoms with Crippen molar-refractivity contribution < 1.29 is 9.32 Å². The second kappa shape index (κ2) is 7.65. The second-order valence-electron chi connectivity index (χ2n) is 5.52. The minimum atomic E-state index is 0.0649. The fourth-order valence-electron chi connectivity index (χ4n) is 2.61. The molecule has 0 aliphatic heterocycles. The van der Waals surface area contributed by atoms with Gasteiger partial charge in [-0.05, 0) is 50.2 Å². The van der Waals surface area contributed by atoms with E-state index in [1.807, 2.05) is 61.0 Å². The summed E-state index contributed by atoms with van der Waals surface area (Å²) in [6.07, 6.45) is 1.85. The number of halogens is 1. The summed E-state index contributed by atoms with van der Waals surface area (Å²) in [5.41, 5.74) is 1.60. The maximum absolute atomic E-state index is 12.3. The lowest BCUT2D eigenvalue weighted by molar-refractivity contribution is -0.131. The highest BCUT2D eigenvalue weighted by Crippen LogP contribution is 2.24. The van der Waals surface area contributed by atoms with Gasteiger partial charge < -0.3 is 14.0 Å². The molecule has 130 valence electrons. The van der Waals surface area contributed by atoms with Gasteiger partial charge >= 0.3 is 0 Å². The summed E-state index contributed by atoms with van der Waals surface area (Å²) in [5, 5.41) is 4.05. The molecule has 0 atom stereocenters. The first-order valence-electron chi connectivity index (χ1n) is 8.15. The Labute approximate surface area is 154 Å². The number of benzene rings is 1. The van der Waals surface area contributed by atoms with Crippen molar-refractivity contribution in [2.75, 3.05) is 13.1 Å². The molecule has 2 aromatic heterocycles. The van der Waals surface area contributed by atoms with Crippen molar-refractivity contribution in [2.45, 2.75) is 20.4 Å². The first-order chi connectivity index (χ1) is 12.1. The van der Waals surface area contributed by atoms with Crippen LogP contribution in [-0.4, -0.2) is 38.6 Å². The van der Waals surface area contributed by atoms with Crippen molar-refractivity contribution in [3.05, 3.63) is 47.1 Å². The van der Waals surface area contributed by atoms with Crippen molar-refractivity contribution >= 4 is 21.8 Å². The number of carbonyl (C=O) groups is 1. The molecule has 7 heteroatoms. The molecule has 0 unspecified atom stereocenters. The summed E-state index contributed by atoms with van der Waals surface area (Å²) in [4.78, 5) is 18.6. The van der Waals surface area contributed by atoms with Crippen LogP contribution in [-0.2, 0) is 11.3 Å². The molecule has 0 saturated heterocycles. The topological polar surface area (TPSA) is 64.2 Å². The third kappa shape index (κ3) is 3.82. The molecule has 0 saturated carbocycles. The molecule has 0 aliphatic carbocycles. The van der Waals surface area contributed by atoms with Gasteiger partial charge in [-0.25, -0.2) is 0 Å². The van der Waals surface area contributed by atoms with E-state index in [4.69, 9.17) is 4.52 Å². The monoisotopic (exact) mass is 402 g/mol. The summed E-state index contributed by atoms with van der Waals surface area (Å²) in [5.74, 6) is 0.982. The Morgan fingerprint density at radius 1 is 1.20 bits per heavy atom. The number of nitrogens with zero attached hydrogens (tertiary/aromatic N) is 4. The SMILES string of the molecule is CCN(CC)C(=O)Cn1cccc1-c1nc(-c2ccc(Br)cc2)no1. The quantitative estimate of drug-likeness (QED) is 0.628. The predicted octanol–water partition coefficient (Wildman–Crippen LogP) is 3.84. The van der Waals surface area contributed by atoms with Crippen LogP contribution in [0, 0.1) is 0 Å². The highest BCUT2D eigenvalue weighted by atomic mass is 79.9. The minimum Gasteiger partial charge on any atom is -0.342 e. The van der Waals surface area contributed by atoms with E-state index in [2.05, 4.69) is 26.1 Å². The molecule has 0 bridgehead atoms. The zero-order valence-corrected chi connectivity index (χ0v) is 15.7. The van der Waals surface area contributed by atoms with Crippen LogP contribution in [0.1, 0.15) is 13.8 Å². The van der Waals surface area contributed by atoms with Crippen molar-refractivity contribution in [3.8, 4) is 23.0 Å². The van der Waals surface area contributed by atoms with E-state index in [9.17, 15) is 4.79 Å². The van der Waals surface area contributed by atoms with Crippen molar-refractivity contribution in [1.29, 1.82) is 0 Å². The standard InChI is InChI=1S/C18H19BrN4O2/c1-3-22(4-2)16(24)12-23-11-5-6-15(23)18-20-17(21-25-18)13-7-9-14(19)10-8-13/h5-11H,3-4,12H2,1-2H3. The number of carbonyl (C=O) groups excluding carboxylic acids is 1. The number of rotatable bonds is 6. The molecule has 0 aliphatic rings. The molecule has 2 heterocycles. The first kappa shape index (κ1) is 17.4. The fourth-order valence-corrected chi connectivity index (χ4v) is 2.88. The van der Waals surface area contributed by atoms with Crippen LogP contribution >= 0.6 is 15.9 Å². The van der Waals surface area contributed by atoms with E-state index in [1.54, 1.807) is 4.90 Å². The summed E-state index contributed by atoms with van der Waals surface area (Å²) >= 11 is 3.41. The van der Waals surface area contributed by atoms with Crippen molar-refractivity contribution in [3.63, 3.8) is 0 Å². The lowest BCUT2D eigenvalue weighted by atomic mass is 10.2. The molecule has 1 aromatic carbocycles. The zero-order valence-electron chi connectivity index (χ0n) is 14.1. The van der Waals surface area contributed by atoms with Gasteiger partial charge in [-0.15, -0.1) is 0 Å². The Hall–Kier alpha value is -2.41. The van der Waals surface area contributed by atoms with Crippen molar-refractivity contribution in [1.82, 2.24) is 19.6 Å². The van der Waals surface area contributed by atoms with Gasteiger partial charge in [0.25, 0.3) is 5.89 Å². The smallest absolute Gasteiger partial charge is 0.274 e. The Bertz CT molecular complexity index is 850. The lowest BCUT2D eigenvalue weighted by Crippen LogP contribution is -2.33. The molecule has 0 spiro atoms. The van der Waals surface area contributed by atoms with E-state index < -0.39 is 0 Å². The van der Waals surface area contributed by atoms with E-state index in [1.165, 1.54) is 0 Å². The minimum absolute atomic E-state index is 0.0649. The molecule has 3 aromatic rings. The molecule has 1 amide bonds. The molecule has 6 nitrogen and oxygen atoms in total. The number of hydrogen-bond donors (Lipinski definition) is 0. The Morgan fingerprint density at radius 2 is 1.92 bits per heavy atom. The van der Waals surface area contributed by atoms with Crippen LogP contribution in [0.5, 0.6) is 0 Å². The summed E-state index contributed by atoms with van der Waals surface area (Å²) < 4.78 is 8.23. The van der Waals surface area contributed by atoms with Gasteiger partial charge in [-0.2, -0.15) is 4.98 Å². The lowest BCUT2D eigenvalue weighted by Gasteiger charge is -2.19. The zero-order chi connectivity index (χ0) is 17.8. The predicted molar refractivity (Wildman–Crippen MR) is 98.8 cm³/mol. The average molecular weight is 403 g/mol. The van der Waals surface area contributed by atoms with Crippen LogP contribution in [0.3, 0.4) is 0 Å². The van der Waals surface area contributed by atoms with Gasteiger partial charge in [0.1, 0.15) is 12.2 Å². The highest BCUT2D eigenvalue weighted by Gasteiger charge is 2.17. The third-order valence-corrected chi connectivity index (χ3v) is 4.53. The van der Waals surface area contributed by atoms with E-state index >= 15 is 0 Å². The molecule has 3 rings (SSSR count). The molecule has 25 heavy (non-hydrogen) atoms. The maximum atomic E-state index is 12.3. The second-order valence-corrected chi connectivity index (χ2v) is 6.43. The molecular weight excluding hydrogens is 384 g/mol. The van der Waals surface area contributed by atoms with E-state index in [0.29, 0.717) is 24.8 Å². The summed E-state index contributed by atoms with van der Waals surface area (Å²) in [6.45, 7) is 5.58. The van der Waals surface area contributed by atoms with E-state index in [0.717, 1.165) is 15.7 Å². The fraction of sp³-hybridized carbons (Fsp3) is 0.278. The number of aromatic nitrogens is 3. The Morgan fingerprint density at radius 3 is 2.60 bits per heavy atom. The molecular formula is C18H19BrN4O2. The average Bonchev–Trinajstić information content (AvgIpc) is 3.25. The van der Waals surface area contributed by atoms with Gasteiger partial charge in [0, 0.05) is 29.3 Å². The maximum Gasteiger partial charge on any atom is 0.274 e. The number of likely N-dealkylation sites (N-methyl/N-ethyl adjacent to an activating group) is 1. The number of amides is 1. The highest BCUT2D eigenvalue weighted by molar-refractivity contribution is 9.10. The van der Waals surface area contributed by atoms with Gasteiger partial charge in [0.05, 0.1) is 0 Å². The Balaban J connectivity index is 1.83. The van der Waals surface area contributed by atoms with Crippen molar-refractivity contribution in [2.24, 2.45) is 0 Å². The van der Waals surface area contributed by atoms with Gasteiger partial charge in [-0.3, -0.25) is 4.79 Å². The van der Waals surface area contributed by atoms with Gasteiger partial charge in [0.15, 0.2) is 0 Å². The number of hydrogen-bond acceptors (Lipinski definition) is 4. The largest absolute Gasteiger partial charge is 0.342 e. The van der Waals surface area contributed by atoms with Crippen LogP contribution in [0.2, 0.25) is 0 Å². The first-order valence-corrected chi connectivity index (χ1v) is 8.94. The summed E-state index contributed by atoms with van der Waals surface area (Å²) in [7, 11) is 0. The summed E-state index contributed by atoms with van der Waals surface area (Å²) in [6, 6.07) is 11.4.